The molecule has 2 rings (SSSR count). The van der Waals surface area contributed by atoms with E-state index in [0.29, 0.717) is 5.92 Å². The number of unbranched alkanes of at least 4 members (excludes halogenated alkanes) is 1. The highest BCUT2D eigenvalue weighted by Crippen LogP contribution is 2.25. The van der Waals surface area contributed by atoms with E-state index in [1.807, 2.05) is 0 Å². The Morgan fingerprint density at radius 1 is 1.21 bits per heavy atom. The summed E-state index contributed by atoms with van der Waals surface area (Å²) in [6.45, 7) is 10.3. The van der Waals surface area contributed by atoms with E-state index in [1.54, 1.807) is 4.90 Å². The predicted octanol–water partition coefficient (Wildman–Crippen LogP) is 0.859. The standard InChI is InChI=1S/C15H29NO3/c1-3-5-6-13(4-2)15-18-12-14(19-15)11-16-7-9-17-10-8-16/h13-15H,3-12H2,1-2H3/p+1/t13-,14-,15-/m0/s1. The van der Waals surface area contributed by atoms with Crippen molar-refractivity contribution < 1.29 is 19.1 Å². The van der Waals surface area contributed by atoms with Crippen molar-refractivity contribution in [1.29, 1.82) is 0 Å². The van der Waals surface area contributed by atoms with Crippen molar-refractivity contribution in [1.82, 2.24) is 0 Å². The third kappa shape index (κ3) is 4.71. The summed E-state index contributed by atoms with van der Waals surface area (Å²) in [5.41, 5.74) is 0. The Morgan fingerprint density at radius 2 is 2.00 bits per heavy atom. The molecule has 3 atom stereocenters. The summed E-state index contributed by atoms with van der Waals surface area (Å²) >= 11 is 0. The normalized spacial score (nSPS) is 30.6. The third-order valence-corrected chi connectivity index (χ3v) is 4.33. The number of quaternary nitrogens is 1. The molecule has 0 aromatic carbocycles. The molecule has 2 saturated heterocycles. The van der Waals surface area contributed by atoms with E-state index in [0.717, 1.165) is 45.9 Å². The highest BCUT2D eigenvalue weighted by molar-refractivity contribution is 4.71. The zero-order valence-corrected chi connectivity index (χ0v) is 12.5. The van der Waals surface area contributed by atoms with Crippen LogP contribution in [0.15, 0.2) is 0 Å². The van der Waals surface area contributed by atoms with Crippen LogP contribution in [0.2, 0.25) is 0 Å². The second-order valence-electron chi connectivity index (χ2n) is 5.84. The van der Waals surface area contributed by atoms with Crippen LogP contribution in [0.25, 0.3) is 0 Å². The molecule has 0 radical (unpaired) electrons. The van der Waals surface area contributed by atoms with Gasteiger partial charge in [-0.3, -0.25) is 0 Å². The van der Waals surface area contributed by atoms with Crippen LogP contribution < -0.4 is 4.90 Å². The van der Waals surface area contributed by atoms with Crippen molar-refractivity contribution in [2.24, 2.45) is 5.92 Å². The summed E-state index contributed by atoms with van der Waals surface area (Å²) in [7, 11) is 0. The molecular formula is C15H30NO3+. The average Bonchev–Trinajstić information content (AvgIpc) is 2.89. The van der Waals surface area contributed by atoms with Crippen molar-refractivity contribution in [3.8, 4) is 0 Å². The lowest BCUT2D eigenvalue weighted by Crippen LogP contribution is -3.15. The minimum absolute atomic E-state index is 0.0435. The summed E-state index contributed by atoms with van der Waals surface area (Å²) in [5, 5.41) is 0. The minimum Gasteiger partial charge on any atom is -0.370 e. The Bertz CT molecular complexity index is 244. The summed E-state index contributed by atoms with van der Waals surface area (Å²) in [6.07, 6.45) is 5.25. The van der Waals surface area contributed by atoms with Crippen molar-refractivity contribution in [3.63, 3.8) is 0 Å². The van der Waals surface area contributed by atoms with Gasteiger partial charge in [-0.1, -0.05) is 26.7 Å². The highest BCUT2D eigenvalue weighted by Gasteiger charge is 2.33. The molecule has 0 aliphatic carbocycles. The second kappa shape index (κ2) is 8.20. The number of nitrogens with one attached hydrogen (secondary N) is 1. The molecule has 0 aromatic rings. The molecule has 2 aliphatic heterocycles. The van der Waals surface area contributed by atoms with E-state index in [4.69, 9.17) is 14.2 Å². The van der Waals surface area contributed by atoms with Gasteiger partial charge in [0, 0.05) is 5.92 Å². The molecule has 0 unspecified atom stereocenters. The quantitative estimate of drug-likeness (QED) is 0.746. The maximum absolute atomic E-state index is 6.13. The van der Waals surface area contributed by atoms with Crippen LogP contribution in [-0.2, 0) is 14.2 Å². The van der Waals surface area contributed by atoms with Gasteiger partial charge in [-0.15, -0.1) is 0 Å². The minimum atomic E-state index is 0.0435. The summed E-state index contributed by atoms with van der Waals surface area (Å²) in [5.74, 6) is 0.574. The lowest BCUT2D eigenvalue weighted by Gasteiger charge is -2.26. The molecule has 0 bridgehead atoms. The molecule has 2 aliphatic rings. The van der Waals surface area contributed by atoms with Crippen LogP contribution in [0.3, 0.4) is 0 Å². The molecule has 1 N–H and O–H groups in total. The Balaban J connectivity index is 1.71. The first-order valence-corrected chi connectivity index (χ1v) is 8.01. The molecule has 0 aromatic heterocycles. The largest absolute Gasteiger partial charge is 0.370 e. The Morgan fingerprint density at radius 3 is 2.68 bits per heavy atom. The maximum atomic E-state index is 6.13. The van der Waals surface area contributed by atoms with Gasteiger partial charge in [-0.05, 0) is 12.8 Å². The lowest BCUT2D eigenvalue weighted by atomic mass is 9.99. The average molecular weight is 272 g/mol. The van der Waals surface area contributed by atoms with Crippen molar-refractivity contribution in [3.05, 3.63) is 0 Å². The molecule has 0 saturated carbocycles. The smallest absolute Gasteiger partial charge is 0.161 e. The molecular weight excluding hydrogens is 242 g/mol. The van der Waals surface area contributed by atoms with Crippen molar-refractivity contribution in [2.45, 2.75) is 51.9 Å². The van der Waals surface area contributed by atoms with Crippen LogP contribution in [0, 0.1) is 5.92 Å². The van der Waals surface area contributed by atoms with Gasteiger partial charge >= 0.3 is 0 Å². The van der Waals surface area contributed by atoms with Crippen LogP contribution in [0.4, 0.5) is 0 Å². The molecule has 0 amide bonds. The summed E-state index contributed by atoms with van der Waals surface area (Å²) < 4.78 is 17.4. The number of ether oxygens (including phenoxy) is 3. The number of hydrogen-bond donors (Lipinski definition) is 1. The fourth-order valence-electron chi connectivity index (χ4n) is 3.01. The van der Waals surface area contributed by atoms with Crippen molar-refractivity contribution in [2.75, 3.05) is 39.5 Å². The van der Waals surface area contributed by atoms with Gasteiger partial charge < -0.3 is 19.1 Å². The number of rotatable bonds is 7. The fraction of sp³-hybridized carbons (Fsp3) is 1.00. The first-order valence-electron chi connectivity index (χ1n) is 8.01. The Labute approximate surface area is 117 Å². The second-order valence-corrected chi connectivity index (χ2v) is 5.84. The van der Waals surface area contributed by atoms with Crippen molar-refractivity contribution >= 4 is 0 Å². The molecule has 2 fully saturated rings. The molecule has 0 spiro atoms. The van der Waals surface area contributed by atoms with Crippen LogP contribution in [0.5, 0.6) is 0 Å². The van der Waals surface area contributed by atoms with Gasteiger partial charge in [0.05, 0.1) is 19.8 Å². The molecule has 19 heavy (non-hydrogen) atoms. The zero-order valence-electron chi connectivity index (χ0n) is 12.5. The van der Waals surface area contributed by atoms with E-state index < -0.39 is 0 Å². The highest BCUT2D eigenvalue weighted by atomic mass is 16.7. The molecule has 2 heterocycles. The van der Waals surface area contributed by atoms with Gasteiger partial charge in [-0.25, -0.2) is 0 Å². The fourth-order valence-corrected chi connectivity index (χ4v) is 3.01. The van der Waals surface area contributed by atoms with E-state index in [9.17, 15) is 0 Å². The van der Waals surface area contributed by atoms with Gasteiger partial charge in [0.15, 0.2) is 6.29 Å². The Hall–Kier alpha value is -0.160. The van der Waals surface area contributed by atoms with E-state index in [1.165, 1.54) is 19.3 Å². The first kappa shape index (κ1) is 15.2. The topological polar surface area (TPSA) is 32.1 Å². The SMILES string of the molecule is CCCC[C@H](CC)[C@H]1OC[C@H](C[NH+]2CCOCC2)O1. The van der Waals surface area contributed by atoms with E-state index in [-0.39, 0.29) is 12.4 Å². The van der Waals surface area contributed by atoms with Crippen LogP contribution in [0.1, 0.15) is 39.5 Å². The monoisotopic (exact) mass is 272 g/mol. The van der Waals surface area contributed by atoms with Gasteiger partial charge in [0.25, 0.3) is 0 Å². The number of morpholine rings is 1. The van der Waals surface area contributed by atoms with Gasteiger partial charge in [-0.2, -0.15) is 0 Å². The van der Waals surface area contributed by atoms with E-state index in [2.05, 4.69) is 13.8 Å². The third-order valence-electron chi connectivity index (χ3n) is 4.33. The van der Waals surface area contributed by atoms with Crippen LogP contribution >= 0.6 is 0 Å². The summed E-state index contributed by atoms with van der Waals surface area (Å²) in [6, 6.07) is 0. The molecule has 4 heteroatoms. The number of hydrogen-bond acceptors (Lipinski definition) is 3. The maximum Gasteiger partial charge on any atom is 0.161 e. The van der Waals surface area contributed by atoms with Crippen LogP contribution in [-0.4, -0.2) is 51.8 Å². The molecule has 112 valence electrons. The van der Waals surface area contributed by atoms with Gasteiger partial charge in [0.1, 0.15) is 25.7 Å². The van der Waals surface area contributed by atoms with E-state index >= 15 is 0 Å². The zero-order chi connectivity index (χ0) is 13.5. The predicted molar refractivity (Wildman–Crippen MR) is 74.3 cm³/mol. The molecule has 4 nitrogen and oxygen atoms in total. The lowest BCUT2D eigenvalue weighted by molar-refractivity contribution is -0.910. The Kier molecular flexibility index (Phi) is 6.57. The first-order chi connectivity index (χ1) is 9.33. The van der Waals surface area contributed by atoms with Gasteiger partial charge in [0.2, 0.25) is 0 Å². The summed E-state index contributed by atoms with van der Waals surface area (Å²) in [4.78, 5) is 1.60.